The van der Waals surface area contributed by atoms with Crippen molar-refractivity contribution in [3.05, 3.63) is 84.7 Å². The van der Waals surface area contributed by atoms with Gasteiger partial charge in [-0.3, -0.25) is 0 Å². The lowest BCUT2D eigenvalue weighted by atomic mass is 10.2. The van der Waals surface area contributed by atoms with E-state index in [0.717, 1.165) is 27.9 Å². The SMILES string of the molecule is NC(=O)Nc1ccc2ncnc(Nc3ccc(OCc4ccccc4)cc3)c2c1. The quantitative estimate of drug-likeness (QED) is 0.455. The standard InChI is InChI=1S/C22H19N5O2/c23-22(28)27-17-8-11-20-19(12-17)21(25-14-24-20)26-16-6-9-18(10-7-16)29-13-15-4-2-1-3-5-15/h1-12,14H,13H2,(H3,23,27,28)(H,24,25,26). The van der Waals surface area contributed by atoms with Gasteiger partial charge in [0.25, 0.3) is 0 Å². The van der Waals surface area contributed by atoms with Crippen molar-refractivity contribution < 1.29 is 9.53 Å². The van der Waals surface area contributed by atoms with E-state index in [-0.39, 0.29) is 0 Å². The van der Waals surface area contributed by atoms with Gasteiger partial charge in [-0.25, -0.2) is 14.8 Å². The minimum atomic E-state index is -0.623. The number of nitrogens with one attached hydrogen (secondary N) is 2. The third-order valence-corrected chi connectivity index (χ3v) is 4.27. The normalized spacial score (nSPS) is 10.5. The summed E-state index contributed by atoms with van der Waals surface area (Å²) in [6, 6.07) is 22.3. The van der Waals surface area contributed by atoms with E-state index in [1.54, 1.807) is 18.2 Å². The second-order valence-corrected chi connectivity index (χ2v) is 6.37. The molecular formula is C22H19N5O2. The molecule has 0 aliphatic carbocycles. The van der Waals surface area contributed by atoms with Crippen LogP contribution in [0.25, 0.3) is 10.9 Å². The smallest absolute Gasteiger partial charge is 0.316 e. The zero-order valence-corrected chi connectivity index (χ0v) is 15.5. The van der Waals surface area contributed by atoms with Crippen LogP contribution in [0.5, 0.6) is 5.75 Å². The summed E-state index contributed by atoms with van der Waals surface area (Å²) in [7, 11) is 0. The lowest BCUT2D eigenvalue weighted by Gasteiger charge is -2.11. The second kappa shape index (κ2) is 8.26. The summed E-state index contributed by atoms with van der Waals surface area (Å²) in [4.78, 5) is 19.7. The third-order valence-electron chi connectivity index (χ3n) is 4.27. The first kappa shape index (κ1) is 18.2. The van der Waals surface area contributed by atoms with E-state index in [9.17, 15) is 4.79 Å². The highest BCUT2D eigenvalue weighted by molar-refractivity contribution is 5.96. The Balaban J connectivity index is 1.50. The molecule has 0 saturated heterocycles. The maximum absolute atomic E-state index is 11.1. The molecule has 0 bridgehead atoms. The lowest BCUT2D eigenvalue weighted by Crippen LogP contribution is -2.19. The highest BCUT2D eigenvalue weighted by Crippen LogP contribution is 2.26. The largest absolute Gasteiger partial charge is 0.489 e. The second-order valence-electron chi connectivity index (χ2n) is 6.37. The molecule has 3 aromatic carbocycles. The van der Waals surface area contributed by atoms with E-state index in [2.05, 4.69) is 20.6 Å². The molecule has 0 aliphatic rings. The Hall–Kier alpha value is -4.13. The van der Waals surface area contributed by atoms with E-state index in [1.807, 2.05) is 54.6 Å². The van der Waals surface area contributed by atoms with Gasteiger partial charge < -0.3 is 21.1 Å². The highest BCUT2D eigenvalue weighted by atomic mass is 16.5. The van der Waals surface area contributed by atoms with E-state index < -0.39 is 6.03 Å². The first-order valence-corrected chi connectivity index (χ1v) is 9.02. The average Bonchev–Trinajstić information content (AvgIpc) is 2.74. The van der Waals surface area contributed by atoms with Gasteiger partial charge in [0.15, 0.2) is 0 Å². The molecule has 4 aromatic rings. The molecule has 2 amide bonds. The topological polar surface area (TPSA) is 102 Å². The van der Waals surface area contributed by atoms with Crippen LogP contribution in [-0.4, -0.2) is 16.0 Å². The van der Waals surface area contributed by atoms with Gasteiger partial charge in [0.05, 0.1) is 5.52 Å². The minimum absolute atomic E-state index is 0.514. The number of amides is 2. The fourth-order valence-electron chi connectivity index (χ4n) is 2.89. The van der Waals surface area contributed by atoms with Gasteiger partial charge in [0.1, 0.15) is 24.5 Å². The number of ether oxygens (including phenoxy) is 1. The van der Waals surface area contributed by atoms with Crippen LogP contribution >= 0.6 is 0 Å². The molecule has 144 valence electrons. The number of aromatic nitrogens is 2. The molecule has 0 atom stereocenters. The number of hydrogen-bond acceptors (Lipinski definition) is 5. The predicted octanol–water partition coefficient (Wildman–Crippen LogP) is 4.44. The number of anilines is 3. The van der Waals surface area contributed by atoms with Crippen LogP contribution in [0.3, 0.4) is 0 Å². The zero-order chi connectivity index (χ0) is 20.1. The summed E-state index contributed by atoms with van der Waals surface area (Å²) in [5, 5.41) is 6.61. The number of nitrogens with zero attached hydrogens (tertiary/aromatic N) is 2. The fraction of sp³-hybridized carbons (Fsp3) is 0.0455. The summed E-state index contributed by atoms with van der Waals surface area (Å²) >= 11 is 0. The Morgan fingerprint density at radius 2 is 1.69 bits per heavy atom. The maximum Gasteiger partial charge on any atom is 0.316 e. The molecule has 4 rings (SSSR count). The zero-order valence-electron chi connectivity index (χ0n) is 15.5. The molecular weight excluding hydrogens is 366 g/mol. The van der Waals surface area contributed by atoms with E-state index in [1.165, 1.54) is 6.33 Å². The molecule has 1 aromatic heterocycles. The first-order chi connectivity index (χ1) is 14.2. The van der Waals surface area contributed by atoms with Crippen molar-refractivity contribution >= 4 is 34.1 Å². The number of carbonyl (C=O) groups is 1. The van der Waals surface area contributed by atoms with Gasteiger partial charge in [-0.15, -0.1) is 0 Å². The maximum atomic E-state index is 11.1. The van der Waals surface area contributed by atoms with Gasteiger partial charge in [-0.05, 0) is 48.0 Å². The van der Waals surface area contributed by atoms with Gasteiger partial charge in [-0.2, -0.15) is 0 Å². The number of urea groups is 1. The van der Waals surface area contributed by atoms with Crippen molar-refractivity contribution in [3.63, 3.8) is 0 Å². The van der Waals surface area contributed by atoms with Gasteiger partial charge >= 0.3 is 6.03 Å². The molecule has 1 heterocycles. The molecule has 4 N–H and O–H groups in total. The van der Waals surface area contributed by atoms with Crippen molar-refractivity contribution in [2.75, 3.05) is 10.6 Å². The van der Waals surface area contributed by atoms with Crippen LogP contribution in [0.15, 0.2) is 79.1 Å². The Labute approximate surface area is 167 Å². The molecule has 0 fully saturated rings. The fourth-order valence-corrected chi connectivity index (χ4v) is 2.89. The van der Waals surface area contributed by atoms with Crippen molar-refractivity contribution in [1.82, 2.24) is 9.97 Å². The summed E-state index contributed by atoms with van der Waals surface area (Å²) in [6.07, 6.45) is 1.49. The van der Waals surface area contributed by atoms with Crippen LogP contribution in [0.4, 0.5) is 22.0 Å². The molecule has 29 heavy (non-hydrogen) atoms. The number of hydrogen-bond donors (Lipinski definition) is 3. The van der Waals surface area contributed by atoms with Crippen LogP contribution in [0.2, 0.25) is 0 Å². The summed E-state index contributed by atoms with van der Waals surface area (Å²) in [5.74, 6) is 1.40. The Morgan fingerprint density at radius 1 is 0.931 bits per heavy atom. The summed E-state index contributed by atoms with van der Waals surface area (Å²) in [6.45, 7) is 0.514. The molecule has 0 radical (unpaired) electrons. The molecule has 0 spiro atoms. The van der Waals surface area contributed by atoms with Gasteiger partial charge in [0, 0.05) is 16.8 Å². The lowest BCUT2D eigenvalue weighted by molar-refractivity contribution is 0.259. The number of fused-ring (bicyclic) bond motifs is 1. The molecule has 7 heteroatoms. The monoisotopic (exact) mass is 385 g/mol. The first-order valence-electron chi connectivity index (χ1n) is 9.02. The number of benzene rings is 3. The Morgan fingerprint density at radius 3 is 2.45 bits per heavy atom. The number of nitrogens with two attached hydrogens (primary N) is 1. The number of rotatable bonds is 6. The average molecular weight is 385 g/mol. The predicted molar refractivity (Wildman–Crippen MR) is 113 cm³/mol. The number of primary amides is 1. The summed E-state index contributed by atoms with van der Waals surface area (Å²) in [5.41, 5.74) is 8.49. The Bertz CT molecular complexity index is 1130. The molecule has 0 aliphatic heterocycles. The molecule has 0 unspecified atom stereocenters. The summed E-state index contributed by atoms with van der Waals surface area (Å²) < 4.78 is 5.81. The Kier molecular flexibility index (Phi) is 5.20. The third kappa shape index (κ3) is 4.59. The van der Waals surface area contributed by atoms with Crippen LogP contribution < -0.4 is 21.1 Å². The molecule has 7 nitrogen and oxygen atoms in total. The van der Waals surface area contributed by atoms with Gasteiger partial charge in [0.2, 0.25) is 0 Å². The van der Waals surface area contributed by atoms with Crippen LogP contribution in [0.1, 0.15) is 5.56 Å². The van der Waals surface area contributed by atoms with Crippen molar-refractivity contribution in [1.29, 1.82) is 0 Å². The van der Waals surface area contributed by atoms with E-state index >= 15 is 0 Å². The van der Waals surface area contributed by atoms with Crippen LogP contribution in [0, 0.1) is 0 Å². The van der Waals surface area contributed by atoms with E-state index in [0.29, 0.717) is 18.1 Å². The minimum Gasteiger partial charge on any atom is -0.489 e. The molecule has 0 saturated carbocycles. The highest BCUT2D eigenvalue weighted by Gasteiger charge is 2.07. The number of carbonyl (C=O) groups excluding carboxylic acids is 1. The van der Waals surface area contributed by atoms with Gasteiger partial charge in [-0.1, -0.05) is 30.3 Å². The van der Waals surface area contributed by atoms with Crippen molar-refractivity contribution in [2.45, 2.75) is 6.61 Å². The van der Waals surface area contributed by atoms with Crippen molar-refractivity contribution in [2.24, 2.45) is 5.73 Å². The van der Waals surface area contributed by atoms with E-state index in [4.69, 9.17) is 10.5 Å². The van der Waals surface area contributed by atoms with Crippen molar-refractivity contribution in [3.8, 4) is 5.75 Å². The van der Waals surface area contributed by atoms with Crippen LogP contribution in [-0.2, 0) is 6.61 Å².